The summed E-state index contributed by atoms with van der Waals surface area (Å²) in [7, 11) is 0. The van der Waals surface area contributed by atoms with Crippen LogP contribution in [0, 0.1) is 41.4 Å². The van der Waals surface area contributed by atoms with Gasteiger partial charge in [0.1, 0.15) is 5.75 Å². The maximum Gasteiger partial charge on any atom is 0.220 e. The molecule has 172 valence electrons. The number of fused-ring (bicyclic) bond motifs is 5. The first-order chi connectivity index (χ1) is 14.8. The molecule has 1 saturated heterocycles. The molecule has 6 unspecified atom stereocenters. The summed E-state index contributed by atoms with van der Waals surface area (Å²) in [6, 6.07) is 8.93. The summed E-state index contributed by atoms with van der Waals surface area (Å²) in [5.74, 6) is 4.25. The summed E-state index contributed by atoms with van der Waals surface area (Å²) < 4.78 is 6.49. The normalized spacial score (nSPS) is 43.5. The molecule has 0 aromatic heterocycles. The van der Waals surface area contributed by atoms with E-state index in [4.69, 9.17) is 4.74 Å². The van der Waals surface area contributed by atoms with Crippen LogP contribution in [0.5, 0.6) is 5.75 Å². The van der Waals surface area contributed by atoms with Gasteiger partial charge in [-0.05, 0) is 92.1 Å². The number of amides is 1. The van der Waals surface area contributed by atoms with Gasteiger partial charge in [-0.3, -0.25) is 4.79 Å². The van der Waals surface area contributed by atoms with Crippen LogP contribution < -0.4 is 10.1 Å². The van der Waals surface area contributed by atoms with Gasteiger partial charge in [0.2, 0.25) is 5.91 Å². The lowest BCUT2D eigenvalue weighted by Gasteiger charge is -2.61. The van der Waals surface area contributed by atoms with Crippen molar-refractivity contribution in [3.05, 3.63) is 29.8 Å². The summed E-state index contributed by atoms with van der Waals surface area (Å²) in [5, 5.41) is 3.37. The van der Waals surface area contributed by atoms with E-state index in [0.29, 0.717) is 29.9 Å². The molecule has 4 fully saturated rings. The number of ether oxygens (including phenoxy) is 1. The van der Waals surface area contributed by atoms with Crippen molar-refractivity contribution < 1.29 is 9.53 Å². The summed E-state index contributed by atoms with van der Waals surface area (Å²) in [6.07, 6.45) is 8.31. The van der Waals surface area contributed by atoms with E-state index in [9.17, 15) is 4.79 Å². The third-order valence-corrected chi connectivity index (χ3v) is 9.52. The predicted molar refractivity (Wildman–Crippen MR) is 127 cm³/mol. The Kier molecular flexibility index (Phi) is 6.18. The molecule has 1 aromatic carbocycles. The lowest BCUT2D eigenvalue weighted by atomic mass is 9.45. The molecule has 1 N–H and O–H groups in total. The zero-order valence-corrected chi connectivity index (χ0v) is 20.5. The topological polar surface area (TPSA) is 38.3 Å². The van der Waals surface area contributed by atoms with Crippen molar-refractivity contribution in [3.8, 4) is 5.75 Å². The summed E-state index contributed by atoms with van der Waals surface area (Å²) in [5.41, 5.74) is 1.97. The van der Waals surface area contributed by atoms with Gasteiger partial charge < -0.3 is 10.1 Å². The number of nitrogens with one attached hydrogen (secondary N) is 1. The highest BCUT2D eigenvalue weighted by Crippen LogP contribution is 2.65. The van der Waals surface area contributed by atoms with Crippen LogP contribution in [0.4, 0.5) is 0 Å². The van der Waals surface area contributed by atoms with Gasteiger partial charge in [-0.1, -0.05) is 52.3 Å². The first-order valence-corrected chi connectivity index (χ1v) is 12.8. The molecule has 3 nitrogen and oxygen atoms in total. The highest BCUT2D eigenvalue weighted by atomic mass is 16.5. The van der Waals surface area contributed by atoms with Gasteiger partial charge in [0.25, 0.3) is 0 Å². The number of hydrogen-bond donors (Lipinski definition) is 1. The van der Waals surface area contributed by atoms with Crippen molar-refractivity contribution >= 4 is 5.91 Å². The number of benzene rings is 1. The molecule has 1 aliphatic heterocycles. The second-order valence-electron chi connectivity index (χ2n) is 11.3. The highest BCUT2D eigenvalue weighted by molar-refractivity contribution is 5.77. The Morgan fingerprint density at radius 1 is 1.03 bits per heavy atom. The second-order valence-corrected chi connectivity index (χ2v) is 11.3. The molecule has 1 heterocycles. The minimum Gasteiger partial charge on any atom is -0.490 e. The van der Waals surface area contributed by atoms with E-state index < -0.39 is 0 Å². The Hall–Kier alpha value is -1.51. The average molecular weight is 426 g/mol. The minimum atomic E-state index is 0.270. The lowest BCUT2D eigenvalue weighted by molar-refractivity contribution is -0.141. The molecular weight excluding hydrogens is 382 g/mol. The van der Waals surface area contributed by atoms with E-state index in [1.54, 1.807) is 0 Å². The summed E-state index contributed by atoms with van der Waals surface area (Å²) >= 11 is 0. The second kappa shape index (κ2) is 8.45. The zero-order valence-electron chi connectivity index (χ0n) is 20.5. The molecule has 4 aliphatic rings. The first kappa shape index (κ1) is 22.7. The van der Waals surface area contributed by atoms with Crippen LogP contribution in [-0.2, 0) is 4.79 Å². The SMILES string of the molecule is CC.Cc1ccc(OC2CC3C4C(C)CC5NC(=O)CC[C@]5(C)C4CC[C@]3(C)C2)cc1. The third-order valence-electron chi connectivity index (χ3n) is 9.52. The van der Waals surface area contributed by atoms with Crippen LogP contribution in [0.25, 0.3) is 0 Å². The molecule has 5 rings (SSSR count). The van der Waals surface area contributed by atoms with Crippen LogP contribution in [0.15, 0.2) is 24.3 Å². The third kappa shape index (κ3) is 3.91. The van der Waals surface area contributed by atoms with Gasteiger partial charge in [-0.15, -0.1) is 0 Å². The van der Waals surface area contributed by atoms with Crippen LogP contribution in [0.1, 0.15) is 85.1 Å². The number of rotatable bonds is 2. The predicted octanol–water partition coefficient (Wildman–Crippen LogP) is 6.54. The molecule has 3 heteroatoms. The van der Waals surface area contributed by atoms with Crippen LogP contribution >= 0.6 is 0 Å². The number of hydrogen-bond acceptors (Lipinski definition) is 2. The van der Waals surface area contributed by atoms with E-state index in [1.165, 1.54) is 31.2 Å². The van der Waals surface area contributed by atoms with Gasteiger partial charge in [0, 0.05) is 12.5 Å². The van der Waals surface area contributed by atoms with Crippen LogP contribution in [0.2, 0.25) is 0 Å². The molecule has 3 saturated carbocycles. The standard InChI is InChI=1S/C26H37NO2.C2H6/c1-16-5-7-18(8-6-16)29-19-14-21-24-17(2)13-22-26(4,12-10-23(28)27-22)20(24)9-11-25(21,3)15-19;1-2/h5-8,17,19-22,24H,9-15H2,1-4H3,(H,27,28);1-2H3/t17?,19?,20?,21?,22?,24?,25-,26-;/m1./s1. The fraction of sp³-hybridized carbons (Fsp3) is 0.750. The van der Waals surface area contributed by atoms with E-state index >= 15 is 0 Å². The Balaban J connectivity index is 0.00000112. The van der Waals surface area contributed by atoms with Crippen molar-refractivity contribution in [2.45, 2.75) is 98.6 Å². The van der Waals surface area contributed by atoms with Crippen LogP contribution in [-0.4, -0.2) is 18.1 Å². The monoisotopic (exact) mass is 425 g/mol. The Morgan fingerprint density at radius 3 is 2.45 bits per heavy atom. The zero-order chi connectivity index (χ0) is 22.4. The molecule has 0 bridgehead atoms. The Bertz CT molecular complexity index is 789. The average Bonchev–Trinajstić information content (AvgIpc) is 3.08. The molecule has 31 heavy (non-hydrogen) atoms. The van der Waals surface area contributed by atoms with E-state index in [2.05, 4.69) is 57.3 Å². The first-order valence-electron chi connectivity index (χ1n) is 12.8. The fourth-order valence-electron chi connectivity index (χ4n) is 7.94. The molecule has 0 radical (unpaired) electrons. The van der Waals surface area contributed by atoms with Crippen molar-refractivity contribution in [1.82, 2.24) is 5.32 Å². The van der Waals surface area contributed by atoms with Crippen molar-refractivity contribution in [2.24, 2.45) is 34.5 Å². The molecule has 8 atom stereocenters. The number of carbonyl (C=O) groups excluding carboxylic acids is 1. The molecule has 1 aromatic rings. The molecule has 0 spiro atoms. The van der Waals surface area contributed by atoms with Crippen molar-refractivity contribution in [2.75, 3.05) is 0 Å². The summed E-state index contributed by atoms with van der Waals surface area (Å²) in [4.78, 5) is 12.1. The van der Waals surface area contributed by atoms with E-state index in [1.807, 2.05) is 13.8 Å². The molecular formula is C28H43NO2. The smallest absolute Gasteiger partial charge is 0.220 e. The van der Waals surface area contributed by atoms with Gasteiger partial charge in [0.05, 0.1) is 6.10 Å². The van der Waals surface area contributed by atoms with Gasteiger partial charge in [-0.2, -0.15) is 0 Å². The van der Waals surface area contributed by atoms with E-state index in [-0.39, 0.29) is 11.3 Å². The van der Waals surface area contributed by atoms with E-state index in [0.717, 1.165) is 36.3 Å². The van der Waals surface area contributed by atoms with Crippen LogP contribution in [0.3, 0.4) is 0 Å². The summed E-state index contributed by atoms with van der Waals surface area (Å²) in [6.45, 7) is 13.6. The quantitative estimate of drug-likeness (QED) is 0.584. The van der Waals surface area contributed by atoms with Gasteiger partial charge in [-0.25, -0.2) is 0 Å². The molecule has 3 aliphatic carbocycles. The Morgan fingerprint density at radius 2 is 1.74 bits per heavy atom. The number of aryl methyl sites for hydroxylation is 1. The van der Waals surface area contributed by atoms with Crippen molar-refractivity contribution in [3.63, 3.8) is 0 Å². The Labute approximate surface area is 189 Å². The largest absolute Gasteiger partial charge is 0.490 e. The minimum absolute atomic E-state index is 0.270. The lowest BCUT2D eigenvalue weighted by Crippen LogP contribution is -2.62. The number of piperidine rings is 1. The maximum absolute atomic E-state index is 12.1. The number of carbonyl (C=O) groups is 1. The fourth-order valence-corrected chi connectivity index (χ4v) is 7.94. The van der Waals surface area contributed by atoms with Crippen molar-refractivity contribution in [1.29, 1.82) is 0 Å². The highest BCUT2D eigenvalue weighted by Gasteiger charge is 2.61. The molecule has 1 amide bonds. The van der Waals surface area contributed by atoms with Gasteiger partial charge >= 0.3 is 0 Å². The maximum atomic E-state index is 12.1. The van der Waals surface area contributed by atoms with Gasteiger partial charge in [0.15, 0.2) is 0 Å².